The highest BCUT2D eigenvalue weighted by Crippen LogP contribution is 2.23. The van der Waals surface area contributed by atoms with Crippen LogP contribution in [0.1, 0.15) is 21.5 Å². The fourth-order valence-electron chi connectivity index (χ4n) is 3.17. The summed E-state index contributed by atoms with van der Waals surface area (Å²) in [5.74, 6) is -0.298. The summed E-state index contributed by atoms with van der Waals surface area (Å²) in [4.78, 5) is 24.6. The van der Waals surface area contributed by atoms with Crippen LogP contribution in [0.15, 0.2) is 72.8 Å². The molecule has 0 bridgehead atoms. The first-order valence-corrected chi connectivity index (χ1v) is 10.4. The van der Waals surface area contributed by atoms with Crippen molar-refractivity contribution in [2.24, 2.45) is 0 Å². The van der Waals surface area contributed by atoms with Gasteiger partial charge >= 0.3 is 6.61 Å². The third-order valence-electron chi connectivity index (χ3n) is 4.94. The van der Waals surface area contributed by atoms with Crippen LogP contribution in [0.25, 0.3) is 0 Å². The first-order chi connectivity index (χ1) is 15.9. The molecule has 8 heteroatoms. The molecule has 0 fully saturated rings. The van der Waals surface area contributed by atoms with Gasteiger partial charge in [0.25, 0.3) is 5.91 Å². The quantitative estimate of drug-likeness (QED) is 0.419. The van der Waals surface area contributed by atoms with Crippen molar-refractivity contribution >= 4 is 23.2 Å². The number of alkyl halides is 2. The van der Waals surface area contributed by atoms with Crippen molar-refractivity contribution in [3.63, 3.8) is 0 Å². The molecule has 0 saturated carbocycles. The predicted molar refractivity (Wildman–Crippen MR) is 124 cm³/mol. The van der Waals surface area contributed by atoms with Crippen LogP contribution < -0.4 is 20.7 Å². The van der Waals surface area contributed by atoms with E-state index in [-0.39, 0.29) is 24.1 Å². The lowest BCUT2D eigenvalue weighted by Gasteiger charge is -2.14. The Morgan fingerprint density at radius 1 is 0.909 bits per heavy atom. The highest BCUT2D eigenvalue weighted by Gasteiger charge is 2.10. The molecule has 6 nitrogen and oxygen atoms in total. The molecule has 0 saturated heterocycles. The number of hydrogen-bond donors (Lipinski definition) is 3. The standard InChI is InChI=1S/C25H25F2N3O3/c1-17-21(8-5-9-22(17)30-24(32)19-6-3-2-4-7-19)29-16-23(31)28-15-14-18-10-12-20(13-11-18)33-25(26)27/h2-13,25,29H,14-16H2,1H3,(H,28,31)(H,30,32). The van der Waals surface area contributed by atoms with Crippen LogP contribution in [0.3, 0.4) is 0 Å². The number of nitrogens with one attached hydrogen (secondary N) is 3. The number of amides is 2. The second kappa shape index (κ2) is 11.6. The summed E-state index contributed by atoms with van der Waals surface area (Å²) in [5.41, 5.74) is 3.67. The van der Waals surface area contributed by atoms with Crippen molar-refractivity contribution in [3.05, 3.63) is 89.5 Å². The van der Waals surface area contributed by atoms with Gasteiger partial charge in [-0.1, -0.05) is 36.4 Å². The van der Waals surface area contributed by atoms with Gasteiger partial charge in [-0.25, -0.2) is 0 Å². The number of halogens is 2. The molecule has 0 aliphatic heterocycles. The van der Waals surface area contributed by atoms with Crippen molar-refractivity contribution in [3.8, 4) is 5.75 Å². The average Bonchev–Trinajstić information content (AvgIpc) is 2.81. The van der Waals surface area contributed by atoms with Crippen molar-refractivity contribution in [1.29, 1.82) is 0 Å². The van der Waals surface area contributed by atoms with Crippen LogP contribution in [0.2, 0.25) is 0 Å². The summed E-state index contributed by atoms with van der Waals surface area (Å²) in [6.07, 6.45) is 0.556. The first-order valence-electron chi connectivity index (χ1n) is 10.4. The molecular weight excluding hydrogens is 428 g/mol. The maximum Gasteiger partial charge on any atom is 0.387 e. The van der Waals surface area contributed by atoms with Gasteiger partial charge in [-0.2, -0.15) is 8.78 Å². The van der Waals surface area contributed by atoms with Gasteiger partial charge < -0.3 is 20.7 Å². The molecule has 3 aromatic rings. The molecule has 0 aliphatic carbocycles. The number of anilines is 2. The normalized spacial score (nSPS) is 10.5. The largest absolute Gasteiger partial charge is 0.435 e. The van der Waals surface area contributed by atoms with Gasteiger partial charge in [-0.3, -0.25) is 9.59 Å². The Balaban J connectivity index is 1.46. The van der Waals surface area contributed by atoms with Gasteiger partial charge in [0, 0.05) is 23.5 Å². The zero-order valence-electron chi connectivity index (χ0n) is 18.1. The molecule has 0 radical (unpaired) electrons. The predicted octanol–water partition coefficient (Wildman–Crippen LogP) is 4.62. The Morgan fingerprint density at radius 2 is 1.61 bits per heavy atom. The molecule has 3 aromatic carbocycles. The summed E-state index contributed by atoms with van der Waals surface area (Å²) >= 11 is 0. The molecule has 0 unspecified atom stereocenters. The van der Waals surface area contributed by atoms with E-state index in [9.17, 15) is 18.4 Å². The monoisotopic (exact) mass is 453 g/mol. The van der Waals surface area contributed by atoms with Gasteiger partial charge in [0.2, 0.25) is 5.91 Å². The maximum atomic E-state index is 12.4. The number of carbonyl (C=O) groups excluding carboxylic acids is 2. The molecule has 3 rings (SSSR count). The fraction of sp³-hybridized carbons (Fsp3) is 0.200. The van der Waals surface area contributed by atoms with Gasteiger partial charge in [-0.05, 0) is 60.9 Å². The Bertz CT molecular complexity index is 1070. The van der Waals surface area contributed by atoms with Gasteiger partial charge in [0.05, 0.1) is 6.54 Å². The SMILES string of the molecule is Cc1c(NCC(=O)NCCc2ccc(OC(F)F)cc2)cccc1NC(=O)c1ccccc1. The van der Waals surface area contributed by atoms with Crippen LogP contribution in [0.4, 0.5) is 20.2 Å². The third kappa shape index (κ3) is 7.31. The number of carbonyl (C=O) groups is 2. The lowest BCUT2D eigenvalue weighted by molar-refractivity contribution is -0.119. The van der Waals surface area contributed by atoms with Crippen LogP contribution >= 0.6 is 0 Å². The van der Waals surface area contributed by atoms with E-state index >= 15 is 0 Å². The third-order valence-corrected chi connectivity index (χ3v) is 4.94. The van der Waals surface area contributed by atoms with Crippen LogP contribution in [-0.2, 0) is 11.2 Å². The first kappa shape index (κ1) is 23.7. The minimum absolute atomic E-state index is 0.0676. The summed E-state index contributed by atoms with van der Waals surface area (Å²) in [5, 5.41) is 8.79. The van der Waals surface area contributed by atoms with Crippen molar-refractivity contribution in [2.45, 2.75) is 20.0 Å². The Labute approximate surface area is 191 Å². The maximum absolute atomic E-state index is 12.4. The molecule has 0 heterocycles. The van der Waals surface area contributed by atoms with E-state index in [2.05, 4.69) is 20.7 Å². The van der Waals surface area contributed by atoms with Crippen LogP contribution in [-0.4, -0.2) is 31.5 Å². The Morgan fingerprint density at radius 3 is 2.30 bits per heavy atom. The minimum Gasteiger partial charge on any atom is -0.435 e. The molecule has 2 amide bonds. The number of rotatable bonds is 10. The summed E-state index contributed by atoms with van der Waals surface area (Å²) < 4.78 is 28.7. The summed E-state index contributed by atoms with van der Waals surface area (Å²) in [6, 6.07) is 20.7. The molecular formula is C25H25F2N3O3. The topological polar surface area (TPSA) is 79.5 Å². The molecule has 172 valence electrons. The highest BCUT2D eigenvalue weighted by molar-refractivity contribution is 6.05. The van der Waals surface area contributed by atoms with Gasteiger partial charge in [0.1, 0.15) is 5.75 Å². The molecule has 0 aliphatic rings. The Hall–Kier alpha value is -3.94. The van der Waals surface area contributed by atoms with E-state index in [0.29, 0.717) is 24.2 Å². The zero-order chi connectivity index (χ0) is 23.6. The molecule has 0 aromatic heterocycles. The number of ether oxygens (including phenoxy) is 1. The van der Waals surface area contributed by atoms with Crippen LogP contribution in [0.5, 0.6) is 5.75 Å². The van der Waals surface area contributed by atoms with Crippen molar-refractivity contribution in [1.82, 2.24) is 5.32 Å². The highest BCUT2D eigenvalue weighted by atomic mass is 19.3. The van der Waals surface area contributed by atoms with E-state index in [1.165, 1.54) is 12.1 Å². The lowest BCUT2D eigenvalue weighted by Crippen LogP contribution is -2.31. The molecule has 0 spiro atoms. The fourth-order valence-corrected chi connectivity index (χ4v) is 3.17. The van der Waals surface area contributed by atoms with E-state index in [0.717, 1.165) is 16.8 Å². The van der Waals surface area contributed by atoms with E-state index in [1.807, 2.05) is 19.1 Å². The average molecular weight is 453 g/mol. The van der Waals surface area contributed by atoms with E-state index < -0.39 is 6.61 Å². The van der Waals surface area contributed by atoms with E-state index in [1.54, 1.807) is 48.5 Å². The van der Waals surface area contributed by atoms with Crippen LogP contribution in [0, 0.1) is 6.92 Å². The second-order valence-corrected chi connectivity index (χ2v) is 7.27. The molecule has 3 N–H and O–H groups in total. The zero-order valence-corrected chi connectivity index (χ0v) is 18.1. The van der Waals surface area contributed by atoms with Gasteiger partial charge in [-0.15, -0.1) is 0 Å². The lowest BCUT2D eigenvalue weighted by atomic mass is 10.1. The molecule has 33 heavy (non-hydrogen) atoms. The Kier molecular flexibility index (Phi) is 8.35. The summed E-state index contributed by atoms with van der Waals surface area (Å²) in [7, 11) is 0. The van der Waals surface area contributed by atoms with E-state index in [4.69, 9.17) is 0 Å². The van der Waals surface area contributed by atoms with Gasteiger partial charge in [0.15, 0.2) is 0 Å². The number of benzene rings is 3. The summed E-state index contributed by atoms with van der Waals surface area (Å²) in [6.45, 7) is -0.519. The second-order valence-electron chi connectivity index (χ2n) is 7.27. The van der Waals surface area contributed by atoms with Crippen molar-refractivity contribution < 1.29 is 23.1 Å². The number of hydrogen-bond acceptors (Lipinski definition) is 4. The molecule has 0 atom stereocenters. The van der Waals surface area contributed by atoms with Crippen molar-refractivity contribution in [2.75, 3.05) is 23.7 Å². The smallest absolute Gasteiger partial charge is 0.387 e. The minimum atomic E-state index is -2.85.